The van der Waals surface area contributed by atoms with E-state index in [4.69, 9.17) is 10.5 Å². The highest BCUT2D eigenvalue weighted by molar-refractivity contribution is 5.36. The molecule has 3 nitrogen and oxygen atoms in total. The molecule has 0 radical (unpaired) electrons. The average Bonchev–Trinajstić information content (AvgIpc) is 2.92. The molecule has 0 aliphatic heterocycles. The van der Waals surface area contributed by atoms with Crippen molar-refractivity contribution in [3.63, 3.8) is 0 Å². The summed E-state index contributed by atoms with van der Waals surface area (Å²) in [6.45, 7) is 2.47. The van der Waals surface area contributed by atoms with E-state index in [1.165, 1.54) is 12.8 Å². The van der Waals surface area contributed by atoms with Crippen molar-refractivity contribution in [2.24, 2.45) is 5.73 Å². The summed E-state index contributed by atoms with van der Waals surface area (Å²) in [6, 6.07) is 1.92. The van der Waals surface area contributed by atoms with E-state index in [2.05, 4.69) is 4.98 Å². The first-order valence-corrected chi connectivity index (χ1v) is 4.62. The molecule has 0 aromatic carbocycles. The number of hydrogen-bond donors (Lipinski definition) is 1. The minimum atomic E-state index is 0.410. The smallest absolute Gasteiger partial charge is 0.145 e. The second kappa shape index (κ2) is 3.34. The monoisotopic (exact) mass is 178 g/mol. The lowest BCUT2D eigenvalue weighted by Crippen LogP contribution is -2.06. The Morgan fingerprint density at radius 2 is 2.38 bits per heavy atom. The van der Waals surface area contributed by atoms with Crippen molar-refractivity contribution >= 4 is 0 Å². The Balaban J connectivity index is 2.27. The lowest BCUT2D eigenvalue weighted by atomic mass is 10.2. The van der Waals surface area contributed by atoms with E-state index in [0.717, 1.165) is 17.0 Å². The number of ether oxygens (including phenoxy) is 1. The van der Waals surface area contributed by atoms with Gasteiger partial charge in [0.2, 0.25) is 0 Å². The molecule has 1 aromatic heterocycles. The Labute approximate surface area is 77.9 Å². The zero-order chi connectivity index (χ0) is 9.26. The Morgan fingerprint density at radius 3 is 3.00 bits per heavy atom. The van der Waals surface area contributed by atoms with Gasteiger partial charge in [0.1, 0.15) is 5.75 Å². The van der Waals surface area contributed by atoms with Gasteiger partial charge in [-0.3, -0.25) is 4.98 Å². The third kappa shape index (κ3) is 1.80. The van der Waals surface area contributed by atoms with Crippen LogP contribution < -0.4 is 10.5 Å². The topological polar surface area (TPSA) is 48.1 Å². The summed E-state index contributed by atoms with van der Waals surface area (Å²) in [4.78, 5) is 4.19. The molecule has 0 amide bonds. The van der Waals surface area contributed by atoms with Crippen molar-refractivity contribution < 1.29 is 4.74 Å². The van der Waals surface area contributed by atoms with Crippen molar-refractivity contribution in [1.82, 2.24) is 4.98 Å². The van der Waals surface area contributed by atoms with Gasteiger partial charge in [-0.15, -0.1) is 0 Å². The summed E-state index contributed by atoms with van der Waals surface area (Å²) in [5, 5.41) is 0. The highest BCUT2D eigenvalue weighted by Crippen LogP contribution is 2.30. The number of nitrogens with two attached hydrogens (primary N) is 1. The number of rotatable bonds is 3. The normalized spacial score (nSPS) is 15.8. The van der Waals surface area contributed by atoms with Crippen LogP contribution in [0, 0.1) is 6.92 Å². The van der Waals surface area contributed by atoms with E-state index >= 15 is 0 Å². The number of aryl methyl sites for hydroxylation is 1. The fourth-order valence-corrected chi connectivity index (χ4v) is 1.28. The lowest BCUT2D eigenvalue weighted by molar-refractivity contribution is 0.296. The Morgan fingerprint density at radius 1 is 1.62 bits per heavy atom. The van der Waals surface area contributed by atoms with E-state index in [-0.39, 0.29) is 0 Å². The van der Waals surface area contributed by atoms with Gasteiger partial charge >= 0.3 is 0 Å². The quantitative estimate of drug-likeness (QED) is 0.760. The molecule has 0 spiro atoms. The highest BCUT2D eigenvalue weighted by atomic mass is 16.5. The van der Waals surface area contributed by atoms with Crippen molar-refractivity contribution in [3.05, 3.63) is 23.5 Å². The van der Waals surface area contributed by atoms with Gasteiger partial charge in [0.25, 0.3) is 0 Å². The lowest BCUT2D eigenvalue weighted by Gasteiger charge is -2.11. The molecule has 0 saturated heterocycles. The zero-order valence-electron chi connectivity index (χ0n) is 7.79. The molecule has 2 N–H and O–H groups in total. The second-order valence-corrected chi connectivity index (χ2v) is 3.41. The molecule has 1 aromatic rings. The van der Waals surface area contributed by atoms with E-state index in [9.17, 15) is 0 Å². The van der Waals surface area contributed by atoms with Crippen molar-refractivity contribution in [2.75, 3.05) is 0 Å². The van der Waals surface area contributed by atoms with Crippen LogP contribution in [0.5, 0.6) is 5.75 Å². The first kappa shape index (κ1) is 8.51. The summed E-state index contributed by atoms with van der Waals surface area (Å²) >= 11 is 0. The summed E-state index contributed by atoms with van der Waals surface area (Å²) in [5.41, 5.74) is 7.60. The molecule has 0 atom stereocenters. The van der Waals surface area contributed by atoms with E-state index in [0.29, 0.717) is 12.6 Å². The van der Waals surface area contributed by atoms with E-state index in [1.54, 1.807) is 6.20 Å². The molecule has 2 rings (SSSR count). The van der Waals surface area contributed by atoms with Crippen LogP contribution in [0.1, 0.15) is 24.1 Å². The van der Waals surface area contributed by atoms with Crippen LogP contribution in [0.3, 0.4) is 0 Å². The van der Waals surface area contributed by atoms with Crippen LogP contribution in [0.25, 0.3) is 0 Å². The fraction of sp³-hybridized carbons (Fsp3) is 0.500. The van der Waals surface area contributed by atoms with Gasteiger partial charge in [-0.2, -0.15) is 0 Å². The first-order valence-electron chi connectivity index (χ1n) is 4.62. The molecule has 0 unspecified atom stereocenters. The molecule has 1 fully saturated rings. The minimum absolute atomic E-state index is 0.410. The van der Waals surface area contributed by atoms with Crippen LogP contribution in [0.2, 0.25) is 0 Å². The Hall–Kier alpha value is -1.09. The highest BCUT2D eigenvalue weighted by Gasteiger charge is 2.25. The molecule has 1 aliphatic rings. The van der Waals surface area contributed by atoms with Crippen LogP contribution >= 0.6 is 0 Å². The van der Waals surface area contributed by atoms with Gasteiger partial charge in [0.15, 0.2) is 0 Å². The standard InChI is InChI=1S/C10H14N2O/c1-7-10(13-9-2-3-9)8(6-11)4-5-12-7/h4-5,9H,2-3,6,11H2,1H3. The second-order valence-electron chi connectivity index (χ2n) is 3.41. The van der Waals surface area contributed by atoms with Gasteiger partial charge in [-0.05, 0) is 25.8 Å². The van der Waals surface area contributed by atoms with Crippen molar-refractivity contribution in [2.45, 2.75) is 32.4 Å². The maximum Gasteiger partial charge on any atom is 0.145 e. The fourth-order valence-electron chi connectivity index (χ4n) is 1.28. The number of nitrogens with zero attached hydrogens (tertiary/aromatic N) is 1. The molecule has 70 valence electrons. The third-order valence-electron chi connectivity index (χ3n) is 2.19. The maximum absolute atomic E-state index is 5.74. The molecule has 13 heavy (non-hydrogen) atoms. The van der Waals surface area contributed by atoms with Gasteiger partial charge in [0, 0.05) is 18.3 Å². The van der Waals surface area contributed by atoms with Crippen LogP contribution in [-0.4, -0.2) is 11.1 Å². The number of pyridine rings is 1. The predicted molar refractivity (Wildman–Crippen MR) is 50.5 cm³/mol. The SMILES string of the molecule is Cc1nccc(CN)c1OC1CC1. The summed E-state index contributed by atoms with van der Waals surface area (Å²) in [6.07, 6.45) is 4.52. The molecule has 1 saturated carbocycles. The zero-order valence-corrected chi connectivity index (χ0v) is 7.79. The molecule has 3 heteroatoms. The first-order chi connectivity index (χ1) is 6.31. The summed E-state index contributed by atoms with van der Waals surface area (Å²) in [5.74, 6) is 0.896. The third-order valence-corrected chi connectivity index (χ3v) is 2.19. The Kier molecular flexibility index (Phi) is 2.19. The maximum atomic E-state index is 5.74. The summed E-state index contributed by atoms with van der Waals surface area (Å²) in [7, 11) is 0. The van der Waals surface area contributed by atoms with Crippen LogP contribution in [-0.2, 0) is 6.54 Å². The molecular weight excluding hydrogens is 164 g/mol. The van der Waals surface area contributed by atoms with Crippen LogP contribution in [0.15, 0.2) is 12.3 Å². The van der Waals surface area contributed by atoms with Gasteiger partial charge < -0.3 is 10.5 Å². The number of aromatic nitrogens is 1. The van der Waals surface area contributed by atoms with Crippen molar-refractivity contribution in [1.29, 1.82) is 0 Å². The summed E-state index contributed by atoms with van der Waals surface area (Å²) < 4.78 is 5.74. The van der Waals surface area contributed by atoms with Gasteiger partial charge in [-0.1, -0.05) is 0 Å². The van der Waals surface area contributed by atoms with E-state index < -0.39 is 0 Å². The average molecular weight is 178 g/mol. The molecule has 1 heterocycles. The van der Waals surface area contributed by atoms with Crippen LogP contribution in [0.4, 0.5) is 0 Å². The molecule has 0 bridgehead atoms. The molecular formula is C10H14N2O. The van der Waals surface area contributed by atoms with Gasteiger partial charge in [-0.25, -0.2) is 0 Å². The van der Waals surface area contributed by atoms with E-state index in [1.807, 2.05) is 13.0 Å². The predicted octanol–water partition coefficient (Wildman–Crippen LogP) is 1.39. The molecule has 1 aliphatic carbocycles. The Bertz CT molecular complexity index is 308. The van der Waals surface area contributed by atoms with Gasteiger partial charge in [0.05, 0.1) is 11.8 Å². The van der Waals surface area contributed by atoms with Crippen molar-refractivity contribution in [3.8, 4) is 5.75 Å². The largest absolute Gasteiger partial charge is 0.488 e. The number of hydrogen-bond acceptors (Lipinski definition) is 3. The minimum Gasteiger partial charge on any atom is -0.488 e.